The molecule has 0 fully saturated rings. The molecule has 0 heterocycles. The van der Waals surface area contributed by atoms with Gasteiger partial charge in [-0.2, -0.15) is 0 Å². The largest absolute Gasteiger partial charge is 0.393 e. The topological polar surface area (TPSA) is 57.5 Å². The van der Waals surface area contributed by atoms with Crippen LogP contribution in [0.1, 0.15) is 22.6 Å². The molecule has 0 spiro atoms. The normalized spacial score (nSPS) is 27.8. The standard InChI is InChI=1S/C14H16O3/c1-9-3-4-11(10(2)7-9)13-12(16)5-6-14(13,17)8-15/h3-7,13,15,17H,8H2,1-2H3/t13?,14-/m1/s1. The Kier molecular flexibility index (Phi) is 2.89. The first kappa shape index (κ1) is 12.0. The van der Waals surface area contributed by atoms with Crippen LogP contribution in [0.4, 0.5) is 0 Å². The summed E-state index contributed by atoms with van der Waals surface area (Å²) in [6.07, 6.45) is 2.74. The van der Waals surface area contributed by atoms with Crippen molar-refractivity contribution in [3.8, 4) is 0 Å². The minimum atomic E-state index is -1.46. The first-order chi connectivity index (χ1) is 7.98. The average molecular weight is 232 g/mol. The Bertz CT molecular complexity index is 490. The Morgan fingerprint density at radius 1 is 1.35 bits per heavy atom. The highest BCUT2D eigenvalue weighted by molar-refractivity contribution is 6.00. The Morgan fingerprint density at radius 3 is 2.65 bits per heavy atom. The van der Waals surface area contributed by atoms with Crippen molar-refractivity contribution in [1.82, 2.24) is 0 Å². The molecule has 3 nitrogen and oxygen atoms in total. The van der Waals surface area contributed by atoms with Crippen LogP contribution in [0.15, 0.2) is 30.4 Å². The van der Waals surface area contributed by atoms with Gasteiger partial charge in [-0.25, -0.2) is 0 Å². The van der Waals surface area contributed by atoms with Crippen LogP contribution in [0.2, 0.25) is 0 Å². The number of benzene rings is 1. The number of rotatable bonds is 2. The maximum absolute atomic E-state index is 11.8. The zero-order valence-corrected chi connectivity index (χ0v) is 9.97. The number of hydrogen-bond donors (Lipinski definition) is 2. The zero-order chi connectivity index (χ0) is 12.6. The summed E-state index contributed by atoms with van der Waals surface area (Å²) in [5.74, 6) is -0.846. The van der Waals surface area contributed by atoms with Gasteiger partial charge in [-0.15, -0.1) is 0 Å². The molecule has 2 atom stereocenters. The van der Waals surface area contributed by atoms with Crippen LogP contribution in [0.5, 0.6) is 0 Å². The molecule has 2 N–H and O–H groups in total. The molecule has 1 unspecified atom stereocenters. The van der Waals surface area contributed by atoms with Crippen molar-refractivity contribution in [3.63, 3.8) is 0 Å². The number of hydrogen-bond acceptors (Lipinski definition) is 3. The highest BCUT2D eigenvalue weighted by Gasteiger charge is 2.43. The van der Waals surface area contributed by atoms with Crippen molar-refractivity contribution in [2.24, 2.45) is 0 Å². The fraction of sp³-hybridized carbons (Fsp3) is 0.357. The number of aryl methyl sites for hydroxylation is 2. The predicted octanol–water partition coefficient (Wildman–Crippen LogP) is 1.25. The van der Waals surface area contributed by atoms with Crippen molar-refractivity contribution >= 4 is 5.78 Å². The highest BCUT2D eigenvalue weighted by atomic mass is 16.3. The summed E-state index contributed by atoms with van der Waals surface area (Å²) in [4.78, 5) is 11.8. The summed E-state index contributed by atoms with van der Waals surface area (Å²) >= 11 is 0. The van der Waals surface area contributed by atoms with Crippen molar-refractivity contribution in [2.75, 3.05) is 6.61 Å². The van der Waals surface area contributed by atoms with Gasteiger partial charge in [0.25, 0.3) is 0 Å². The van der Waals surface area contributed by atoms with Crippen molar-refractivity contribution in [2.45, 2.75) is 25.4 Å². The summed E-state index contributed by atoms with van der Waals surface area (Å²) in [6.45, 7) is 3.43. The van der Waals surface area contributed by atoms with E-state index in [4.69, 9.17) is 0 Å². The van der Waals surface area contributed by atoms with E-state index in [1.54, 1.807) is 0 Å². The summed E-state index contributed by atoms with van der Waals surface area (Å²) in [6, 6.07) is 5.73. The van der Waals surface area contributed by atoms with E-state index >= 15 is 0 Å². The third kappa shape index (κ3) is 1.92. The van der Waals surface area contributed by atoms with Crippen LogP contribution in [0, 0.1) is 13.8 Å². The average Bonchev–Trinajstić information content (AvgIpc) is 2.57. The van der Waals surface area contributed by atoms with Gasteiger partial charge in [-0.3, -0.25) is 4.79 Å². The zero-order valence-electron chi connectivity index (χ0n) is 9.97. The third-order valence-corrected chi connectivity index (χ3v) is 3.31. The fourth-order valence-corrected chi connectivity index (χ4v) is 2.38. The molecule has 1 aromatic rings. The van der Waals surface area contributed by atoms with Gasteiger partial charge >= 0.3 is 0 Å². The number of aliphatic hydroxyl groups is 2. The van der Waals surface area contributed by atoms with Crippen LogP contribution < -0.4 is 0 Å². The molecule has 0 bridgehead atoms. The molecular weight excluding hydrogens is 216 g/mol. The van der Waals surface area contributed by atoms with E-state index in [-0.39, 0.29) is 5.78 Å². The SMILES string of the molecule is Cc1ccc(C2C(=O)C=C[C@@]2(O)CO)c(C)c1. The molecule has 3 heteroatoms. The summed E-state index contributed by atoms with van der Waals surface area (Å²) in [5, 5.41) is 19.5. The monoisotopic (exact) mass is 232 g/mol. The second-order valence-corrected chi connectivity index (χ2v) is 4.68. The van der Waals surface area contributed by atoms with Gasteiger partial charge < -0.3 is 10.2 Å². The molecule has 2 rings (SSSR count). The lowest BCUT2D eigenvalue weighted by molar-refractivity contribution is -0.119. The smallest absolute Gasteiger partial charge is 0.166 e. The van der Waals surface area contributed by atoms with Gasteiger partial charge in [0, 0.05) is 0 Å². The lowest BCUT2D eigenvalue weighted by Gasteiger charge is -2.27. The Labute approximate surface area is 100 Å². The lowest BCUT2D eigenvalue weighted by atomic mass is 9.82. The minimum absolute atomic E-state index is 0.159. The maximum Gasteiger partial charge on any atom is 0.166 e. The van der Waals surface area contributed by atoms with Gasteiger partial charge in [0.1, 0.15) is 5.60 Å². The van der Waals surface area contributed by atoms with E-state index in [0.29, 0.717) is 0 Å². The van der Waals surface area contributed by atoms with Gasteiger partial charge in [-0.05, 0) is 37.1 Å². The molecule has 1 aliphatic rings. The minimum Gasteiger partial charge on any atom is -0.393 e. The predicted molar refractivity (Wildman–Crippen MR) is 64.8 cm³/mol. The quantitative estimate of drug-likeness (QED) is 0.806. The lowest BCUT2D eigenvalue weighted by Crippen LogP contribution is -2.38. The Hall–Kier alpha value is -1.45. The Morgan fingerprint density at radius 2 is 2.06 bits per heavy atom. The van der Waals surface area contributed by atoms with E-state index in [2.05, 4.69) is 0 Å². The van der Waals surface area contributed by atoms with E-state index in [1.807, 2.05) is 32.0 Å². The number of carbonyl (C=O) groups is 1. The third-order valence-electron chi connectivity index (χ3n) is 3.31. The molecule has 0 radical (unpaired) electrons. The molecule has 17 heavy (non-hydrogen) atoms. The molecule has 1 aliphatic carbocycles. The van der Waals surface area contributed by atoms with Crippen molar-refractivity contribution < 1.29 is 15.0 Å². The number of aliphatic hydroxyl groups excluding tert-OH is 1. The fourth-order valence-electron chi connectivity index (χ4n) is 2.38. The van der Waals surface area contributed by atoms with E-state index in [0.717, 1.165) is 16.7 Å². The second-order valence-electron chi connectivity index (χ2n) is 4.68. The Balaban J connectivity index is 2.49. The van der Waals surface area contributed by atoms with Crippen molar-refractivity contribution in [1.29, 1.82) is 0 Å². The van der Waals surface area contributed by atoms with Gasteiger partial charge in [0.15, 0.2) is 5.78 Å². The van der Waals surface area contributed by atoms with Crippen LogP contribution in [-0.4, -0.2) is 28.2 Å². The van der Waals surface area contributed by atoms with Crippen LogP contribution in [0.3, 0.4) is 0 Å². The van der Waals surface area contributed by atoms with Gasteiger partial charge in [0.05, 0.1) is 12.5 Å². The number of allylic oxidation sites excluding steroid dienone is 1. The second kappa shape index (κ2) is 4.09. The van der Waals surface area contributed by atoms with E-state index in [9.17, 15) is 15.0 Å². The first-order valence-corrected chi connectivity index (χ1v) is 5.61. The number of carbonyl (C=O) groups excluding carboxylic acids is 1. The molecule has 1 aromatic carbocycles. The molecule has 0 aromatic heterocycles. The first-order valence-electron chi connectivity index (χ1n) is 5.61. The molecule has 0 amide bonds. The number of ketones is 1. The van der Waals surface area contributed by atoms with Crippen LogP contribution in [-0.2, 0) is 4.79 Å². The van der Waals surface area contributed by atoms with Crippen LogP contribution >= 0.6 is 0 Å². The van der Waals surface area contributed by atoms with Gasteiger partial charge in [-0.1, -0.05) is 23.8 Å². The molecule has 0 saturated heterocycles. The van der Waals surface area contributed by atoms with E-state index in [1.165, 1.54) is 12.2 Å². The molecule has 0 saturated carbocycles. The molecule has 0 aliphatic heterocycles. The van der Waals surface area contributed by atoms with E-state index < -0.39 is 18.1 Å². The summed E-state index contributed by atoms with van der Waals surface area (Å²) in [5.41, 5.74) is 1.38. The maximum atomic E-state index is 11.8. The van der Waals surface area contributed by atoms with Gasteiger partial charge in [0.2, 0.25) is 0 Å². The summed E-state index contributed by atoms with van der Waals surface area (Å²) < 4.78 is 0. The van der Waals surface area contributed by atoms with Crippen molar-refractivity contribution in [3.05, 3.63) is 47.0 Å². The molecule has 90 valence electrons. The highest BCUT2D eigenvalue weighted by Crippen LogP contribution is 2.37. The molecular formula is C14H16O3. The van der Waals surface area contributed by atoms with Crippen LogP contribution in [0.25, 0.3) is 0 Å². The summed E-state index contributed by atoms with van der Waals surface area (Å²) in [7, 11) is 0.